The maximum Gasteiger partial charge on any atom is 1.00 e. The summed E-state index contributed by atoms with van der Waals surface area (Å²) in [7, 11) is -5.47. The number of aromatic nitrogens is 1. The largest absolute Gasteiger partial charge is 1.00 e. The second-order valence-electron chi connectivity index (χ2n) is 8.88. The van der Waals surface area contributed by atoms with E-state index in [1.807, 2.05) is 31.2 Å². The number of aromatic carboxylic acids is 1. The fourth-order valence-electron chi connectivity index (χ4n) is 4.32. The number of ether oxygens (including phenoxy) is 1. The normalized spacial score (nSPS) is 11.9. The second-order valence-corrected chi connectivity index (χ2v) is 11.9. The van der Waals surface area contributed by atoms with Gasteiger partial charge < -0.3 is 14.6 Å². The molecule has 0 saturated heterocycles. The molecule has 0 aliphatic carbocycles. The topological polar surface area (TPSA) is 96.4 Å². The van der Waals surface area contributed by atoms with Gasteiger partial charge in [0.1, 0.15) is 12.4 Å². The summed E-state index contributed by atoms with van der Waals surface area (Å²) in [5, 5.41) is 13.5. The zero-order valence-corrected chi connectivity index (χ0v) is 25.1. The Kier molecular flexibility index (Phi) is 8.35. The van der Waals surface area contributed by atoms with Crippen LogP contribution < -0.4 is 39.4 Å². The average Bonchev–Trinajstić information content (AvgIpc) is 3.24. The summed E-state index contributed by atoms with van der Waals surface area (Å²) in [6.07, 6.45) is 0. The number of thiophene rings is 1. The first-order valence-electron chi connectivity index (χ1n) is 11.6. The molecular formula is C28H19F3NNaO5S2. The van der Waals surface area contributed by atoms with Crippen molar-refractivity contribution in [2.24, 2.45) is 0 Å². The molecule has 0 aliphatic heterocycles. The monoisotopic (exact) mass is 593 g/mol. The number of aryl methyl sites for hydroxylation is 2. The fourth-order valence-corrected chi connectivity index (χ4v) is 6.25. The molecule has 0 spiro atoms. The molecule has 2 heterocycles. The Hall–Kier alpha value is -2.96. The van der Waals surface area contributed by atoms with Gasteiger partial charge in [-0.25, -0.2) is 13.4 Å². The molecule has 40 heavy (non-hydrogen) atoms. The van der Waals surface area contributed by atoms with Crippen LogP contribution in [0.1, 0.15) is 27.0 Å². The Morgan fingerprint density at radius 2 is 1.70 bits per heavy atom. The quantitative estimate of drug-likeness (QED) is 0.281. The molecule has 0 N–H and O–H groups in total. The minimum atomic E-state index is -5.47. The number of carbonyl (C=O) groups excluding carboxylic acids is 1. The maximum atomic E-state index is 12.8. The van der Waals surface area contributed by atoms with Crippen LogP contribution in [0.15, 0.2) is 71.6 Å². The molecule has 3 aromatic carbocycles. The predicted molar refractivity (Wildman–Crippen MR) is 140 cm³/mol. The van der Waals surface area contributed by atoms with E-state index < -0.39 is 26.2 Å². The van der Waals surface area contributed by atoms with Gasteiger partial charge in [-0.3, -0.25) is 0 Å². The van der Waals surface area contributed by atoms with E-state index in [9.17, 15) is 31.5 Å². The third kappa shape index (κ3) is 5.36. The molecule has 5 aromatic rings. The molecule has 0 bridgehead atoms. The number of benzene rings is 3. The van der Waals surface area contributed by atoms with Gasteiger partial charge in [-0.05, 0) is 66.3 Å². The fraction of sp³-hybridized carbons (Fsp3) is 0.143. The van der Waals surface area contributed by atoms with Crippen LogP contribution in [0.5, 0.6) is 5.75 Å². The van der Waals surface area contributed by atoms with Crippen LogP contribution >= 0.6 is 11.3 Å². The molecule has 6 nitrogen and oxygen atoms in total. The predicted octanol–water partition coefficient (Wildman–Crippen LogP) is 2.97. The first kappa shape index (κ1) is 30.0. The molecule has 0 saturated carbocycles. The van der Waals surface area contributed by atoms with E-state index in [-0.39, 0.29) is 52.9 Å². The van der Waals surface area contributed by atoms with Gasteiger partial charge in [0, 0.05) is 10.3 Å². The molecule has 12 heteroatoms. The molecule has 0 atom stereocenters. The Labute approximate surface area is 253 Å². The number of rotatable bonds is 6. The Balaban J connectivity index is 0.00000370. The van der Waals surface area contributed by atoms with Crippen LogP contribution in [-0.4, -0.2) is 24.9 Å². The minimum Gasteiger partial charge on any atom is -0.545 e. The molecule has 0 unspecified atom stereocenters. The summed E-state index contributed by atoms with van der Waals surface area (Å²) in [5.74, 6) is -1.23. The van der Waals surface area contributed by atoms with E-state index in [2.05, 4.69) is 0 Å². The van der Waals surface area contributed by atoms with Crippen LogP contribution in [0, 0.1) is 13.8 Å². The van der Waals surface area contributed by atoms with Crippen molar-refractivity contribution < 1.29 is 65.8 Å². The van der Waals surface area contributed by atoms with Crippen LogP contribution in [0.25, 0.3) is 31.6 Å². The van der Waals surface area contributed by atoms with Crippen molar-refractivity contribution in [1.82, 2.24) is 4.98 Å². The number of hydrogen-bond donors (Lipinski definition) is 0. The van der Waals surface area contributed by atoms with E-state index in [0.29, 0.717) is 22.3 Å². The first-order valence-corrected chi connectivity index (χ1v) is 13.9. The third-order valence-corrected chi connectivity index (χ3v) is 9.15. The maximum absolute atomic E-state index is 12.8. The number of fused-ring (bicyclic) bond motifs is 2. The summed E-state index contributed by atoms with van der Waals surface area (Å²) in [5.41, 5.74) is -2.56. The summed E-state index contributed by atoms with van der Waals surface area (Å²) in [4.78, 5) is 17.0. The molecular weight excluding hydrogens is 574 g/mol. The van der Waals surface area contributed by atoms with Gasteiger partial charge in [-0.15, -0.1) is 11.3 Å². The summed E-state index contributed by atoms with van der Waals surface area (Å²) >= 11 is 1.51. The van der Waals surface area contributed by atoms with Crippen molar-refractivity contribution in [2.75, 3.05) is 0 Å². The molecule has 0 fully saturated rings. The van der Waals surface area contributed by atoms with E-state index in [4.69, 9.17) is 9.72 Å². The number of sulfone groups is 1. The van der Waals surface area contributed by atoms with E-state index in [1.54, 1.807) is 19.1 Å². The van der Waals surface area contributed by atoms with E-state index in [1.165, 1.54) is 29.5 Å². The van der Waals surface area contributed by atoms with Crippen LogP contribution in [0.3, 0.4) is 0 Å². The van der Waals surface area contributed by atoms with Crippen LogP contribution in [0.2, 0.25) is 0 Å². The van der Waals surface area contributed by atoms with Gasteiger partial charge in [0.15, 0.2) is 0 Å². The summed E-state index contributed by atoms with van der Waals surface area (Å²) in [6.45, 7) is 3.59. The molecule has 2 aromatic heterocycles. The van der Waals surface area contributed by atoms with Crippen LogP contribution in [0.4, 0.5) is 13.2 Å². The number of alkyl halides is 3. The van der Waals surface area contributed by atoms with Crippen molar-refractivity contribution >= 4 is 48.1 Å². The number of carboxylic acid groups (broad SMARTS) is 1. The van der Waals surface area contributed by atoms with Crippen molar-refractivity contribution in [3.63, 3.8) is 0 Å². The number of hydrogen-bond acceptors (Lipinski definition) is 7. The number of carbonyl (C=O) groups is 1. The van der Waals surface area contributed by atoms with Crippen molar-refractivity contribution in [3.8, 4) is 16.3 Å². The minimum absolute atomic E-state index is 0. The SMILES string of the molecule is Cc1c(-c2cc(C(=O)[O-])c3c(OCc4ccc(S(=O)(=O)C(F)(F)F)cc4)ccc(C)c3n2)sc2ccccc12.[Na+]. The standard InChI is InChI=1S/C28H20F3NO5S2.Na/c1-15-7-12-22(37-14-17-8-10-18(11-9-17)39(35,36)28(29,30)31)24-20(27(33)34)13-21(32-25(15)24)26-16(2)19-5-3-4-6-23(19)38-26;/h3-13H,14H2,1-2H3,(H,33,34);/q;+1/p-1. The van der Waals surface area contributed by atoms with Gasteiger partial charge in [-0.1, -0.05) is 36.4 Å². The third-order valence-electron chi connectivity index (χ3n) is 6.35. The molecule has 5 rings (SSSR count). The van der Waals surface area contributed by atoms with Gasteiger partial charge in [-0.2, -0.15) is 13.2 Å². The van der Waals surface area contributed by atoms with Crippen molar-refractivity contribution in [3.05, 3.63) is 89.0 Å². The number of halogens is 3. The second kappa shape index (κ2) is 11.1. The first-order chi connectivity index (χ1) is 18.4. The van der Waals surface area contributed by atoms with Gasteiger partial charge in [0.05, 0.1) is 32.3 Å². The van der Waals surface area contributed by atoms with Gasteiger partial charge in [0.25, 0.3) is 9.84 Å². The number of pyridine rings is 1. The average molecular weight is 594 g/mol. The van der Waals surface area contributed by atoms with Crippen molar-refractivity contribution in [1.29, 1.82) is 0 Å². The Bertz CT molecular complexity index is 1870. The van der Waals surface area contributed by atoms with E-state index >= 15 is 0 Å². The number of nitrogens with zero attached hydrogens (tertiary/aromatic N) is 1. The zero-order chi connectivity index (χ0) is 28.1. The van der Waals surface area contributed by atoms with Gasteiger partial charge in [0.2, 0.25) is 0 Å². The zero-order valence-electron chi connectivity index (χ0n) is 21.5. The molecule has 0 aliphatic rings. The van der Waals surface area contributed by atoms with E-state index in [0.717, 1.165) is 32.7 Å². The Morgan fingerprint density at radius 3 is 2.33 bits per heavy atom. The molecule has 200 valence electrons. The molecule has 0 amide bonds. The summed E-state index contributed by atoms with van der Waals surface area (Å²) < 4.78 is 68.6. The van der Waals surface area contributed by atoms with Gasteiger partial charge >= 0.3 is 35.1 Å². The Morgan fingerprint density at radius 1 is 1.02 bits per heavy atom. The molecule has 0 radical (unpaired) electrons. The smallest absolute Gasteiger partial charge is 0.545 e. The van der Waals surface area contributed by atoms with Crippen molar-refractivity contribution in [2.45, 2.75) is 30.9 Å². The van der Waals surface area contributed by atoms with Crippen LogP contribution in [-0.2, 0) is 16.4 Å². The number of carboxylic acids is 1. The summed E-state index contributed by atoms with van der Waals surface area (Å²) in [6, 6.07) is 16.7.